The van der Waals surface area contributed by atoms with Gasteiger partial charge in [0.15, 0.2) is 0 Å². The zero-order valence-electron chi connectivity index (χ0n) is 11.8. The Bertz CT molecular complexity index is 650. The van der Waals surface area contributed by atoms with E-state index in [-0.39, 0.29) is 26.0 Å². The Morgan fingerprint density at radius 3 is 2.30 bits per heavy atom. The summed E-state index contributed by atoms with van der Waals surface area (Å²) < 4.78 is 0. The first-order valence-electron chi connectivity index (χ1n) is 5.47. The van der Waals surface area contributed by atoms with Crippen molar-refractivity contribution in [1.29, 1.82) is 0 Å². The Labute approximate surface area is 127 Å². The van der Waals surface area contributed by atoms with Crippen molar-refractivity contribution in [2.45, 2.75) is 12.0 Å². The molecular formula is C13H12LiNO5. The zero-order valence-corrected chi connectivity index (χ0v) is 10.8. The SMILES string of the molecule is O=C(O)C(O)(Cc1ccc2ccccc2n1)C(=O)O.[H-].[Li+]. The predicted molar refractivity (Wildman–Crippen MR) is 66.8 cm³/mol. The Balaban J connectivity index is 0.00000200. The largest absolute Gasteiger partial charge is 1.00 e. The van der Waals surface area contributed by atoms with Gasteiger partial charge in [0.2, 0.25) is 0 Å². The number of carboxylic acid groups (broad SMARTS) is 2. The summed E-state index contributed by atoms with van der Waals surface area (Å²) in [6.07, 6.45) is -0.595. The van der Waals surface area contributed by atoms with Crippen LogP contribution >= 0.6 is 0 Å². The minimum atomic E-state index is -2.87. The molecule has 0 amide bonds. The van der Waals surface area contributed by atoms with Gasteiger partial charge in [-0.1, -0.05) is 24.3 Å². The maximum Gasteiger partial charge on any atom is 1.00 e. The van der Waals surface area contributed by atoms with E-state index in [2.05, 4.69) is 4.98 Å². The van der Waals surface area contributed by atoms with Crippen molar-refractivity contribution in [2.24, 2.45) is 0 Å². The quantitative estimate of drug-likeness (QED) is 0.429. The third kappa shape index (κ3) is 2.99. The van der Waals surface area contributed by atoms with Gasteiger partial charge >= 0.3 is 30.8 Å². The van der Waals surface area contributed by atoms with Gasteiger partial charge in [0.05, 0.1) is 5.52 Å². The number of fused-ring (bicyclic) bond motifs is 1. The number of hydrogen-bond donors (Lipinski definition) is 3. The van der Waals surface area contributed by atoms with Gasteiger partial charge in [-0.2, -0.15) is 0 Å². The zero-order chi connectivity index (χ0) is 14.0. The number of nitrogens with zero attached hydrogens (tertiary/aromatic N) is 1. The second-order valence-corrected chi connectivity index (χ2v) is 4.14. The molecule has 3 N–H and O–H groups in total. The van der Waals surface area contributed by atoms with Gasteiger partial charge in [-0.3, -0.25) is 4.98 Å². The van der Waals surface area contributed by atoms with Crippen LogP contribution in [-0.4, -0.2) is 37.8 Å². The Hall–Kier alpha value is -1.87. The first kappa shape index (κ1) is 16.2. The molecule has 1 heterocycles. The third-order valence-corrected chi connectivity index (χ3v) is 2.80. The van der Waals surface area contributed by atoms with Gasteiger partial charge in [-0.05, 0) is 12.1 Å². The van der Waals surface area contributed by atoms with E-state index >= 15 is 0 Å². The van der Waals surface area contributed by atoms with E-state index in [0.29, 0.717) is 5.52 Å². The molecular weight excluding hydrogens is 257 g/mol. The average Bonchev–Trinajstić information content (AvgIpc) is 2.38. The van der Waals surface area contributed by atoms with Crippen LogP contribution in [0.1, 0.15) is 7.12 Å². The summed E-state index contributed by atoms with van der Waals surface area (Å²) >= 11 is 0. The molecule has 7 heteroatoms. The van der Waals surface area contributed by atoms with E-state index in [1.54, 1.807) is 18.2 Å². The topological polar surface area (TPSA) is 108 Å². The summed E-state index contributed by atoms with van der Waals surface area (Å²) in [6, 6.07) is 10.3. The molecule has 0 spiro atoms. The third-order valence-electron chi connectivity index (χ3n) is 2.80. The minimum Gasteiger partial charge on any atom is -1.00 e. The van der Waals surface area contributed by atoms with Crippen LogP contribution in [0.4, 0.5) is 0 Å². The molecule has 0 unspecified atom stereocenters. The second kappa shape index (κ2) is 6.05. The normalized spacial score (nSPS) is 10.8. The molecule has 0 radical (unpaired) electrons. The number of benzene rings is 1. The second-order valence-electron chi connectivity index (χ2n) is 4.14. The van der Waals surface area contributed by atoms with E-state index in [0.717, 1.165) is 5.39 Å². The number of aliphatic hydroxyl groups is 1. The summed E-state index contributed by atoms with van der Waals surface area (Å²) in [6.45, 7) is 0. The summed E-state index contributed by atoms with van der Waals surface area (Å²) in [5.74, 6) is -3.62. The fraction of sp³-hybridized carbons (Fsp3) is 0.154. The number of carboxylic acids is 2. The van der Waals surface area contributed by atoms with Gasteiger partial charge in [0, 0.05) is 17.5 Å². The molecule has 0 fully saturated rings. The molecule has 20 heavy (non-hydrogen) atoms. The Morgan fingerprint density at radius 2 is 1.70 bits per heavy atom. The standard InChI is InChI=1S/C13H11NO5.Li.H/c15-11(16)13(19,12(17)18)7-9-6-5-8-3-1-2-4-10(8)14-9;;/h1-6,19H,7H2,(H,15,16)(H,17,18);;/q;+1;-1. The molecule has 0 bridgehead atoms. The van der Waals surface area contributed by atoms with E-state index in [1.165, 1.54) is 6.07 Å². The monoisotopic (exact) mass is 269 g/mol. The number of carbonyl (C=O) groups is 2. The van der Waals surface area contributed by atoms with E-state index in [4.69, 9.17) is 10.2 Å². The van der Waals surface area contributed by atoms with E-state index < -0.39 is 24.0 Å². The number of aromatic nitrogens is 1. The molecule has 0 saturated heterocycles. The first-order valence-corrected chi connectivity index (χ1v) is 5.47. The maximum absolute atomic E-state index is 10.9. The van der Waals surface area contributed by atoms with Crippen LogP contribution in [0.15, 0.2) is 36.4 Å². The van der Waals surface area contributed by atoms with Crippen LogP contribution in [0, 0.1) is 0 Å². The van der Waals surface area contributed by atoms with Gasteiger partial charge in [-0.25, -0.2) is 9.59 Å². The Kier molecular flexibility index (Phi) is 4.90. The van der Waals surface area contributed by atoms with Crippen LogP contribution in [0.5, 0.6) is 0 Å². The number of hydrogen-bond acceptors (Lipinski definition) is 4. The molecule has 0 aliphatic rings. The van der Waals surface area contributed by atoms with Crippen LogP contribution in [0.25, 0.3) is 10.9 Å². The smallest absolute Gasteiger partial charge is 1.00 e. The molecule has 2 aromatic rings. The predicted octanol–water partition coefficient (Wildman–Crippen LogP) is -2.21. The molecule has 1 aromatic heterocycles. The molecule has 0 atom stereocenters. The van der Waals surface area contributed by atoms with Crippen molar-refractivity contribution in [2.75, 3.05) is 0 Å². The van der Waals surface area contributed by atoms with Gasteiger partial charge in [-0.15, -0.1) is 0 Å². The molecule has 0 aliphatic heterocycles. The summed E-state index contributed by atoms with van der Waals surface area (Å²) in [5, 5.41) is 28.1. The van der Waals surface area contributed by atoms with E-state index in [1.807, 2.05) is 12.1 Å². The van der Waals surface area contributed by atoms with Crippen LogP contribution < -0.4 is 18.9 Å². The molecule has 0 saturated carbocycles. The van der Waals surface area contributed by atoms with Crippen molar-refractivity contribution in [3.63, 3.8) is 0 Å². The molecule has 0 aliphatic carbocycles. The van der Waals surface area contributed by atoms with Crippen LogP contribution in [0.2, 0.25) is 0 Å². The molecule has 6 nitrogen and oxygen atoms in total. The van der Waals surface area contributed by atoms with Gasteiger partial charge in [0.25, 0.3) is 5.60 Å². The fourth-order valence-electron chi connectivity index (χ4n) is 1.71. The van der Waals surface area contributed by atoms with Crippen molar-refractivity contribution < 1.29 is 45.2 Å². The Morgan fingerprint density at radius 1 is 1.10 bits per heavy atom. The minimum absolute atomic E-state index is 0. The summed E-state index contributed by atoms with van der Waals surface area (Å²) in [5.41, 5.74) is -2.06. The van der Waals surface area contributed by atoms with Crippen molar-refractivity contribution in [3.8, 4) is 0 Å². The van der Waals surface area contributed by atoms with Crippen molar-refractivity contribution >= 4 is 22.8 Å². The van der Waals surface area contributed by atoms with Crippen LogP contribution in [-0.2, 0) is 16.0 Å². The summed E-state index contributed by atoms with van der Waals surface area (Å²) in [7, 11) is 0. The van der Waals surface area contributed by atoms with Crippen molar-refractivity contribution in [3.05, 3.63) is 42.1 Å². The van der Waals surface area contributed by atoms with E-state index in [9.17, 15) is 14.7 Å². The molecule has 2 rings (SSSR count). The van der Waals surface area contributed by atoms with Gasteiger partial charge < -0.3 is 16.7 Å². The number of pyridine rings is 1. The van der Waals surface area contributed by atoms with Crippen LogP contribution in [0.3, 0.4) is 0 Å². The molecule has 100 valence electrons. The number of rotatable bonds is 4. The summed E-state index contributed by atoms with van der Waals surface area (Å²) in [4.78, 5) is 25.9. The number of para-hydroxylation sites is 1. The maximum atomic E-state index is 10.9. The first-order chi connectivity index (χ1) is 8.93. The van der Waals surface area contributed by atoms with Crippen molar-refractivity contribution in [1.82, 2.24) is 4.98 Å². The average molecular weight is 269 g/mol. The fourth-order valence-corrected chi connectivity index (χ4v) is 1.71. The number of aliphatic carboxylic acids is 2. The molecule has 1 aromatic carbocycles. The van der Waals surface area contributed by atoms with Gasteiger partial charge in [0.1, 0.15) is 0 Å².